The van der Waals surface area contributed by atoms with E-state index in [2.05, 4.69) is 16.3 Å². The second-order valence-electron chi connectivity index (χ2n) is 6.49. The maximum Gasteiger partial charge on any atom is 0.244 e. The zero-order valence-corrected chi connectivity index (χ0v) is 15.2. The van der Waals surface area contributed by atoms with Crippen molar-refractivity contribution in [2.45, 2.75) is 5.92 Å². The zero-order chi connectivity index (χ0) is 19.3. The van der Waals surface area contributed by atoms with E-state index in [9.17, 15) is 5.26 Å². The number of halogens is 1. The number of nitrogens with zero attached hydrogens (tertiary/aromatic N) is 2. The maximum atomic E-state index is 9.77. The molecule has 0 aliphatic carbocycles. The van der Waals surface area contributed by atoms with Crippen LogP contribution in [-0.2, 0) is 0 Å². The van der Waals surface area contributed by atoms with Crippen molar-refractivity contribution in [3.05, 3.63) is 58.6 Å². The molecule has 0 bridgehead atoms. The number of rotatable bonds is 2. The summed E-state index contributed by atoms with van der Waals surface area (Å²) in [6.45, 7) is 0.164. The van der Waals surface area contributed by atoms with E-state index in [1.807, 2.05) is 30.3 Å². The molecule has 28 heavy (non-hydrogen) atoms. The predicted molar refractivity (Wildman–Crippen MR) is 101 cm³/mol. The van der Waals surface area contributed by atoms with E-state index in [1.54, 1.807) is 12.1 Å². The van der Waals surface area contributed by atoms with Gasteiger partial charge in [-0.25, -0.2) is 0 Å². The Morgan fingerprint density at radius 2 is 1.93 bits per heavy atom. The predicted octanol–water partition coefficient (Wildman–Crippen LogP) is 4.10. The Bertz CT molecular complexity index is 1130. The van der Waals surface area contributed by atoms with Gasteiger partial charge in [0.2, 0.25) is 18.6 Å². The Hall–Kier alpha value is -3.50. The van der Waals surface area contributed by atoms with Crippen molar-refractivity contribution in [2.24, 2.45) is 5.92 Å². The molecule has 1 aromatic heterocycles. The molecule has 0 saturated carbocycles. The van der Waals surface area contributed by atoms with Gasteiger partial charge in [0.25, 0.3) is 0 Å². The summed E-state index contributed by atoms with van der Waals surface area (Å²) in [5, 5.41) is 25.8. The summed E-state index contributed by atoms with van der Waals surface area (Å²) in [5.74, 6) is 0.197. The number of benzene rings is 2. The fourth-order valence-corrected chi connectivity index (χ4v) is 3.75. The topological polar surface area (TPSA) is 104 Å². The van der Waals surface area contributed by atoms with Crippen LogP contribution in [0.2, 0.25) is 5.02 Å². The smallest absolute Gasteiger partial charge is 0.244 e. The second kappa shape index (κ2) is 6.29. The maximum absolute atomic E-state index is 9.77. The molecule has 2 aromatic carbocycles. The number of H-pyrrole nitrogens is 1. The molecule has 2 unspecified atom stereocenters. The highest BCUT2D eigenvalue weighted by molar-refractivity contribution is 6.30. The van der Waals surface area contributed by atoms with Crippen molar-refractivity contribution in [1.29, 1.82) is 10.7 Å². The van der Waals surface area contributed by atoms with E-state index >= 15 is 0 Å². The molecule has 5 rings (SSSR count). The van der Waals surface area contributed by atoms with E-state index in [4.69, 9.17) is 31.2 Å². The summed E-state index contributed by atoms with van der Waals surface area (Å²) in [4.78, 5) is 0. The average Bonchev–Trinajstić information content (AvgIpc) is 3.33. The van der Waals surface area contributed by atoms with Crippen LogP contribution in [0.3, 0.4) is 0 Å². The Balaban J connectivity index is 1.70. The molecule has 2 aliphatic heterocycles. The van der Waals surface area contributed by atoms with Crippen LogP contribution in [0.25, 0.3) is 11.3 Å². The lowest BCUT2D eigenvalue weighted by Gasteiger charge is -2.28. The minimum absolute atomic E-state index is 0.133. The molecule has 2 atom stereocenters. The molecule has 2 N–H and O–H groups in total. The summed E-state index contributed by atoms with van der Waals surface area (Å²) in [6, 6.07) is 15.0. The number of ether oxygens (including phenoxy) is 3. The van der Waals surface area contributed by atoms with Crippen molar-refractivity contribution in [2.75, 3.05) is 6.79 Å². The van der Waals surface area contributed by atoms with Gasteiger partial charge in [0.05, 0.1) is 17.3 Å². The van der Waals surface area contributed by atoms with Crippen LogP contribution in [0.4, 0.5) is 0 Å². The minimum Gasteiger partial charge on any atom is -0.454 e. The lowest BCUT2D eigenvalue weighted by atomic mass is 9.78. The summed E-state index contributed by atoms with van der Waals surface area (Å²) >= 11 is 6.01. The van der Waals surface area contributed by atoms with Crippen LogP contribution in [0, 0.1) is 22.7 Å². The van der Waals surface area contributed by atoms with Crippen molar-refractivity contribution in [1.82, 2.24) is 10.2 Å². The standard InChI is InChI=1S/C20H13ClN4O3/c21-12-4-1-10(2-5-12)18-17-16(11-3-6-14-15(7-11)27-9-26-14)13(8-22)19(23)28-20(17)25-24-18/h1-7,13,16,23H,9H2,(H,24,25). The summed E-state index contributed by atoms with van der Waals surface area (Å²) in [7, 11) is 0. The molecular formula is C20H13ClN4O3. The quantitative estimate of drug-likeness (QED) is 0.683. The third-order valence-electron chi connectivity index (χ3n) is 4.93. The van der Waals surface area contributed by atoms with Crippen molar-refractivity contribution < 1.29 is 14.2 Å². The Morgan fingerprint density at radius 1 is 1.14 bits per heavy atom. The van der Waals surface area contributed by atoms with Gasteiger partial charge < -0.3 is 14.2 Å². The third-order valence-corrected chi connectivity index (χ3v) is 5.18. The highest BCUT2D eigenvalue weighted by atomic mass is 35.5. The molecule has 2 aliphatic rings. The first-order valence-corrected chi connectivity index (χ1v) is 8.93. The summed E-state index contributed by atoms with van der Waals surface area (Å²) in [6.07, 6.45) is 0. The normalized spacial score (nSPS) is 19.6. The van der Waals surface area contributed by atoms with Gasteiger partial charge in [-0.3, -0.25) is 10.5 Å². The number of aromatic nitrogens is 2. The van der Waals surface area contributed by atoms with Crippen LogP contribution in [0.1, 0.15) is 17.0 Å². The number of hydrogen-bond donors (Lipinski definition) is 2. The van der Waals surface area contributed by atoms with Gasteiger partial charge in [0, 0.05) is 16.5 Å². The molecule has 0 amide bonds. The molecule has 0 radical (unpaired) electrons. The molecule has 3 heterocycles. The van der Waals surface area contributed by atoms with Gasteiger partial charge in [0.15, 0.2) is 11.5 Å². The molecule has 0 fully saturated rings. The molecular weight excluding hydrogens is 380 g/mol. The summed E-state index contributed by atoms with van der Waals surface area (Å²) in [5.41, 5.74) is 3.13. The van der Waals surface area contributed by atoms with Crippen LogP contribution in [0.15, 0.2) is 42.5 Å². The fraction of sp³-hybridized carbons (Fsp3) is 0.150. The first kappa shape index (κ1) is 16.7. The Labute approximate surface area is 164 Å². The van der Waals surface area contributed by atoms with E-state index < -0.39 is 11.8 Å². The molecule has 3 aromatic rings. The van der Waals surface area contributed by atoms with Crippen LogP contribution >= 0.6 is 11.6 Å². The van der Waals surface area contributed by atoms with Gasteiger partial charge in [0.1, 0.15) is 5.92 Å². The number of fused-ring (bicyclic) bond motifs is 2. The van der Waals surface area contributed by atoms with E-state index in [-0.39, 0.29) is 12.7 Å². The van der Waals surface area contributed by atoms with Gasteiger partial charge >= 0.3 is 0 Å². The number of hydrogen-bond acceptors (Lipinski definition) is 6. The van der Waals surface area contributed by atoms with Gasteiger partial charge in [-0.15, -0.1) is 5.10 Å². The third kappa shape index (κ3) is 2.50. The highest BCUT2D eigenvalue weighted by Gasteiger charge is 2.41. The Morgan fingerprint density at radius 3 is 2.71 bits per heavy atom. The number of nitriles is 1. The fourth-order valence-electron chi connectivity index (χ4n) is 3.62. The van der Waals surface area contributed by atoms with E-state index in [1.165, 1.54) is 0 Å². The van der Waals surface area contributed by atoms with Crippen molar-refractivity contribution in [3.8, 4) is 34.7 Å². The minimum atomic E-state index is -0.795. The monoisotopic (exact) mass is 392 g/mol. The first-order valence-electron chi connectivity index (χ1n) is 8.55. The van der Waals surface area contributed by atoms with Crippen molar-refractivity contribution in [3.63, 3.8) is 0 Å². The summed E-state index contributed by atoms with van der Waals surface area (Å²) < 4.78 is 16.4. The van der Waals surface area contributed by atoms with Crippen LogP contribution < -0.4 is 14.2 Å². The lowest BCUT2D eigenvalue weighted by Crippen LogP contribution is -2.30. The van der Waals surface area contributed by atoms with E-state index in [0.29, 0.717) is 22.4 Å². The first-order chi connectivity index (χ1) is 13.7. The van der Waals surface area contributed by atoms with Gasteiger partial charge in [-0.2, -0.15) is 5.26 Å². The van der Waals surface area contributed by atoms with Gasteiger partial charge in [-0.05, 0) is 29.8 Å². The second-order valence-corrected chi connectivity index (χ2v) is 6.92. The molecule has 138 valence electrons. The largest absolute Gasteiger partial charge is 0.454 e. The Kier molecular flexibility index (Phi) is 3.74. The van der Waals surface area contributed by atoms with Gasteiger partial charge in [-0.1, -0.05) is 29.8 Å². The average molecular weight is 393 g/mol. The SMILES string of the molecule is N#CC1C(=N)Oc2n[nH]c(-c3ccc(Cl)cc3)c2C1c1ccc2c(c1)OCO2. The zero-order valence-electron chi connectivity index (χ0n) is 14.4. The highest BCUT2D eigenvalue weighted by Crippen LogP contribution is 2.47. The number of nitrogens with one attached hydrogen (secondary N) is 2. The molecule has 0 saturated heterocycles. The lowest BCUT2D eigenvalue weighted by molar-refractivity contribution is 0.174. The van der Waals surface area contributed by atoms with Crippen LogP contribution in [0.5, 0.6) is 17.4 Å². The molecule has 0 spiro atoms. The van der Waals surface area contributed by atoms with Crippen LogP contribution in [-0.4, -0.2) is 22.9 Å². The van der Waals surface area contributed by atoms with E-state index in [0.717, 1.165) is 22.4 Å². The number of aromatic amines is 1. The molecule has 8 heteroatoms. The van der Waals surface area contributed by atoms with Crippen molar-refractivity contribution >= 4 is 17.5 Å². The molecule has 7 nitrogen and oxygen atoms in total.